The highest BCUT2D eigenvalue weighted by atomic mass is 19.4. The van der Waals surface area contributed by atoms with Crippen LogP contribution in [0.15, 0.2) is 36.4 Å². The van der Waals surface area contributed by atoms with E-state index in [2.05, 4.69) is 15.0 Å². The highest BCUT2D eigenvalue weighted by Gasteiger charge is 2.60. The molecule has 1 aliphatic heterocycles. The Hall–Kier alpha value is -3.08. The Morgan fingerprint density at radius 1 is 1.00 bits per heavy atom. The van der Waals surface area contributed by atoms with Crippen LogP contribution >= 0.6 is 0 Å². The molecule has 0 atom stereocenters. The topological polar surface area (TPSA) is 53.7 Å². The van der Waals surface area contributed by atoms with Gasteiger partial charge in [0.2, 0.25) is 0 Å². The number of carbonyl (C=O) groups excluding carboxylic acids is 1. The molecule has 1 saturated heterocycles. The number of halogens is 5. The Balaban J connectivity index is 1.52. The molecule has 0 saturated carbocycles. The smallest absolute Gasteiger partial charge is 0.335 e. The van der Waals surface area contributed by atoms with Gasteiger partial charge >= 0.3 is 12.1 Å². The molecule has 3 aromatic rings. The number of nitrogens with zero attached hydrogens (tertiary/aromatic N) is 5. The van der Waals surface area contributed by atoms with Crippen molar-refractivity contribution < 1.29 is 26.7 Å². The Labute approximate surface area is 186 Å². The molecule has 3 heterocycles. The Morgan fingerprint density at radius 3 is 2.30 bits per heavy atom. The lowest BCUT2D eigenvalue weighted by Crippen LogP contribution is -2.48. The molecule has 2 aromatic heterocycles. The van der Waals surface area contributed by atoms with Crippen molar-refractivity contribution in [2.45, 2.75) is 32.5 Å². The van der Waals surface area contributed by atoms with Gasteiger partial charge in [-0.3, -0.25) is 9.69 Å². The SMILES string of the molecule is Cc1cc(C(F)(F)C(F)(F)F)n2nc(C(=O)N3CCN(Cc4ccccc4C)CC3)cc2n1. The minimum absolute atomic E-state index is 0.0369. The average molecular weight is 467 g/mol. The van der Waals surface area contributed by atoms with Gasteiger partial charge < -0.3 is 4.90 Å². The van der Waals surface area contributed by atoms with Crippen LogP contribution in [0.4, 0.5) is 22.0 Å². The monoisotopic (exact) mass is 467 g/mol. The van der Waals surface area contributed by atoms with E-state index in [4.69, 9.17) is 0 Å². The molecule has 1 aromatic carbocycles. The third-order valence-corrected chi connectivity index (χ3v) is 5.77. The second-order valence-corrected chi connectivity index (χ2v) is 8.15. The molecule has 1 fully saturated rings. The molecule has 33 heavy (non-hydrogen) atoms. The van der Waals surface area contributed by atoms with E-state index in [1.807, 2.05) is 31.2 Å². The quantitative estimate of drug-likeness (QED) is 0.546. The number of fused-ring (bicyclic) bond motifs is 1. The molecular formula is C22H22F5N5O. The minimum Gasteiger partial charge on any atom is -0.335 e. The maximum Gasteiger partial charge on any atom is 0.459 e. The molecule has 4 rings (SSSR count). The summed E-state index contributed by atoms with van der Waals surface area (Å²) in [5.41, 5.74) is 0.493. The van der Waals surface area contributed by atoms with Gasteiger partial charge in [0.05, 0.1) is 0 Å². The summed E-state index contributed by atoms with van der Waals surface area (Å²) in [4.78, 5) is 20.6. The predicted octanol–water partition coefficient (Wildman–Crippen LogP) is 3.96. The first kappa shape index (κ1) is 23.1. The molecule has 0 bridgehead atoms. The van der Waals surface area contributed by atoms with Crippen molar-refractivity contribution in [1.29, 1.82) is 0 Å². The fourth-order valence-electron chi connectivity index (χ4n) is 3.87. The zero-order valence-electron chi connectivity index (χ0n) is 18.0. The highest BCUT2D eigenvalue weighted by molar-refractivity contribution is 5.93. The first-order valence-corrected chi connectivity index (χ1v) is 10.4. The zero-order valence-corrected chi connectivity index (χ0v) is 18.0. The molecule has 176 valence electrons. The molecule has 0 spiro atoms. The zero-order chi connectivity index (χ0) is 24.0. The fraction of sp³-hybridized carbons (Fsp3) is 0.409. The number of hydrogen-bond donors (Lipinski definition) is 0. The van der Waals surface area contributed by atoms with Crippen molar-refractivity contribution in [3.63, 3.8) is 0 Å². The van der Waals surface area contributed by atoms with Crippen LogP contribution in [-0.4, -0.2) is 62.7 Å². The van der Waals surface area contributed by atoms with E-state index in [1.54, 1.807) is 0 Å². The number of alkyl halides is 5. The van der Waals surface area contributed by atoms with Crippen LogP contribution in [0.3, 0.4) is 0 Å². The summed E-state index contributed by atoms with van der Waals surface area (Å²) in [7, 11) is 0. The molecular weight excluding hydrogens is 445 g/mol. The molecule has 11 heteroatoms. The van der Waals surface area contributed by atoms with Crippen molar-refractivity contribution in [2.75, 3.05) is 26.2 Å². The minimum atomic E-state index is -5.81. The Bertz CT molecular complexity index is 1180. The second-order valence-electron chi connectivity index (χ2n) is 8.15. The van der Waals surface area contributed by atoms with Crippen LogP contribution in [0.2, 0.25) is 0 Å². The standard InChI is InChI=1S/C22H22F5N5O/c1-14-5-3-4-6-16(14)13-30-7-9-31(10-8-30)20(33)17-12-19-28-15(2)11-18(32(19)29-17)21(23,24)22(25,26)27/h3-6,11-12H,7-10,13H2,1-2H3. The van der Waals surface area contributed by atoms with Crippen LogP contribution in [0.25, 0.3) is 5.65 Å². The summed E-state index contributed by atoms with van der Waals surface area (Å²) in [6.07, 6.45) is -5.81. The van der Waals surface area contributed by atoms with E-state index in [-0.39, 0.29) is 17.0 Å². The summed E-state index contributed by atoms with van der Waals surface area (Å²) in [6, 6.07) is 9.79. The van der Waals surface area contributed by atoms with E-state index >= 15 is 0 Å². The summed E-state index contributed by atoms with van der Waals surface area (Å²) in [5, 5.41) is 3.78. The van der Waals surface area contributed by atoms with Gasteiger partial charge in [0.15, 0.2) is 11.3 Å². The fourth-order valence-corrected chi connectivity index (χ4v) is 3.87. The largest absolute Gasteiger partial charge is 0.459 e. The van der Waals surface area contributed by atoms with Gasteiger partial charge in [-0.2, -0.15) is 27.1 Å². The van der Waals surface area contributed by atoms with Gasteiger partial charge in [-0.05, 0) is 31.0 Å². The molecule has 0 aliphatic carbocycles. The number of aromatic nitrogens is 3. The molecule has 6 nitrogen and oxygen atoms in total. The lowest BCUT2D eigenvalue weighted by Gasteiger charge is -2.34. The lowest BCUT2D eigenvalue weighted by atomic mass is 10.1. The van der Waals surface area contributed by atoms with E-state index in [0.717, 1.165) is 12.6 Å². The number of aryl methyl sites for hydroxylation is 2. The lowest BCUT2D eigenvalue weighted by molar-refractivity contribution is -0.291. The average Bonchev–Trinajstić information content (AvgIpc) is 3.17. The van der Waals surface area contributed by atoms with Gasteiger partial charge in [-0.1, -0.05) is 24.3 Å². The highest BCUT2D eigenvalue weighted by Crippen LogP contribution is 2.43. The van der Waals surface area contributed by atoms with Gasteiger partial charge in [0, 0.05) is 44.5 Å². The first-order chi connectivity index (χ1) is 15.5. The van der Waals surface area contributed by atoms with Crippen molar-refractivity contribution >= 4 is 11.6 Å². The van der Waals surface area contributed by atoms with Crippen molar-refractivity contribution in [3.05, 3.63) is 64.6 Å². The van der Waals surface area contributed by atoms with E-state index in [9.17, 15) is 26.7 Å². The number of carbonyl (C=O) groups is 1. The Kier molecular flexibility index (Phi) is 5.85. The van der Waals surface area contributed by atoms with Gasteiger partial charge in [-0.25, -0.2) is 9.50 Å². The van der Waals surface area contributed by atoms with E-state index in [0.29, 0.717) is 36.8 Å². The van der Waals surface area contributed by atoms with Crippen LogP contribution in [0, 0.1) is 13.8 Å². The van der Waals surface area contributed by atoms with Crippen LogP contribution in [0.1, 0.15) is 33.0 Å². The molecule has 0 radical (unpaired) electrons. The summed E-state index contributed by atoms with van der Waals surface area (Å²) in [5.74, 6) is -5.68. The Morgan fingerprint density at radius 2 is 1.67 bits per heavy atom. The van der Waals surface area contributed by atoms with Crippen molar-refractivity contribution in [2.24, 2.45) is 0 Å². The van der Waals surface area contributed by atoms with Gasteiger partial charge in [0.1, 0.15) is 5.69 Å². The second kappa shape index (κ2) is 8.36. The normalized spacial score (nSPS) is 15.9. The number of hydrogen-bond acceptors (Lipinski definition) is 4. The third kappa shape index (κ3) is 4.41. The van der Waals surface area contributed by atoms with Crippen molar-refractivity contribution in [1.82, 2.24) is 24.4 Å². The van der Waals surface area contributed by atoms with E-state index < -0.39 is 23.7 Å². The maximum atomic E-state index is 14.1. The van der Waals surface area contributed by atoms with Crippen LogP contribution in [0.5, 0.6) is 0 Å². The number of piperazine rings is 1. The van der Waals surface area contributed by atoms with Crippen molar-refractivity contribution in [3.8, 4) is 0 Å². The van der Waals surface area contributed by atoms with Crippen LogP contribution in [-0.2, 0) is 12.5 Å². The molecule has 0 N–H and O–H groups in total. The van der Waals surface area contributed by atoms with Gasteiger partial charge in [0.25, 0.3) is 5.91 Å². The summed E-state index contributed by atoms with van der Waals surface area (Å²) < 4.78 is 67.4. The summed E-state index contributed by atoms with van der Waals surface area (Å²) in [6.45, 7) is 6.04. The summed E-state index contributed by atoms with van der Waals surface area (Å²) >= 11 is 0. The van der Waals surface area contributed by atoms with Crippen LogP contribution < -0.4 is 0 Å². The first-order valence-electron chi connectivity index (χ1n) is 10.4. The predicted molar refractivity (Wildman–Crippen MR) is 110 cm³/mol. The number of rotatable bonds is 4. The third-order valence-electron chi connectivity index (χ3n) is 5.77. The van der Waals surface area contributed by atoms with E-state index in [1.165, 1.54) is 23.0 Å². The van der Waals surface area contributed by atoms with Gasteiger partial charge in [-0.15, -0.1) is 0 Å². The molecule has 1 amide bonds. The number of amides is 1. The molecule has 1 aliphatic rings. The maximum absolute atomic E-state index is 14.1. The number of benzene rings is 1. The molecule has 0 unspecified atom stereocenters.